The van der Waals surface area contributed by atoms with Gasteiger partial charge in [0.1, 0.15) is 5.78 Å². The Hall–Kier alpha value is -1.15. The molecule has 0 N–H and O–H groups in total. The molecule has 1 saturated carbocycles. The summed E-state index contributed by atoms with van der Waals surface area (Å²) in [5.41, 5.74) is 0.974. The molecule has 2 nitrogen and oxygen atoms in total. The summed E-state index contributed by atoms with van der Waals surface area (Å²) in [4.78, 5) is 11.8. The highest BCUT2D eigenvalue weighted by Gasteiger charge is 2.52. The number of ketones is 1. The molecule has 1 aliphatic rings. The highest BCUT2D eigenvalue weighted by Crippen LogP contribution is 2.45. The molecule has 1 fully saturated rings. The molecule has 0 amide bonds. The normalized spacial score (nSPS) is 22.2. The Morgan fingerprint density at radius 1 is 1.24 bits per heavy atom. The van der Waals surface area contributed by atoms with Gasteiger partial charge in [-0.25, -0.2) is 0 Å². The third-order valence-corrected chi connectivity index (χ3v) is 4.10. The number of carbonyl (C=O) groups excluding carboxylic acids is 1. The Morgan fingerprint density at radius 2 is 1.88 bits per heavy atom. The van der Waals surface area contributed by atoms with Crippen molar-refractivity contribution in [3.8, 4) is 0 Å². The minimum Gasteiger partial charge on any atom is -0.372 e. The Morgan fingerprint density at radius 3 is 2.41 bits per heavy atom. The molecule has 1 atom stereocenters. The van der Waals surface area contributed by atoms with Crippen LogP contribution in [0.25, 0.3) is 0 Å². The largest absolute Gasteiger partial charge is 0.372 e. The van der Waals surface area contributed by atoms with E-state index in [-0.39, 0.29) is 11.5 Å². The van der Waals surface area contributed by atoms with E-state index in [1.807, 2.05) is 18.2 Å². The van der Waals surface area contributed by atoms with E-state index in [2.05, 4.69) is 26.0 Å². The van der Waals surface area contributed by atoms with Crippen LogP contribution in [0.5, 0.6) is 0 Å². The maximum Gasteiger partial charge on any atom is 0.144 e. The van der Waals surface area contributed by atoms with Crippen LogP contribution in [0, 0.1) is 5.41 Å². The minimum atomic E-state index is -0.200. The maximum atomic E-state index is 11.8. The van der Waals surface area contributed by atoms with Crippen LogP contribution in [0.2, 0.25) is 0 Å². The number of carbonyl (C=O) groups is 1. The summed E-state index contributed by atoms with van der Waals surface area (Å²) in [7, 11) is 0. The fraction of sp³-hybridized carbons (Fsp3) is 0.533. The molecule has 2 rings (SSSR count). The molecular formula is C15H20O2. The van der Waals surface area contributed by atoms with Crippen molar-refractivity contribution in [2.24, 2.45) is 5.41 Å². The van der Waals surface area contributed by atoms with Gasteiger partial charge in [-0.05, 0) is 18.4 Å². The van der Waals surface area contributed by atoms with Crippen molar-refractivity contribution in [2.45, 2.75) is 45.8 Å². The molecule has 92 valence electrons. The van der Waals surface area contributed by atoms with Crippen LogP contribution in [0.1, 0.15) is 38.7 Å². The third kappa shape index (κ3) is 2.14. The lowest BCUT2D eigenvalue weighted by Crippen LogP contribution is -2.54. The van der Waals surface area contributed by atoms with Crippen LogP contribution in [-0.4, -0.2) is 11.9 Å². The lowest BCUT2D eigenvalue weighted by molar-refractivity contribution is -0.167. The molecule has 0 spiro atoms. The molecule has 1 aromatic carbocycles. The Bertz CT molecular complexity index is 379. The number of hydrogen-bond acceptors (Lipinski definition) is 2. The van der Waals surface area contributed by atoms with E-state index in [4.69, 9.17) is 4.74 Å². The monoisotopic (exact) mass is 232 g/mol. The van der Waals surface area contributed by atoms with Crippen molar-refractivity contribution >= 4 is 5.78 Å². The standard InChI is InChI=1S/C15H20O2/c1-3-15(4-2)13(16)10-14(15)17-11-12-8-6-5-7-9-12/h5-9,14H,3-4,10-11H2,1-2H3. The van der Waals surface area contributed by atoms with E-state index in [1.165, 1.54) is 5.56 Å². The second-order valence-corrected chi connectivity index (χ2v) is 4.78. The second kappa shape index (κ2) is 5.01. The average molecular weight is 232 g/mol. The van der Waals surface area contributed by atoms with Crippen molar-refractivity contribution in [3.05, 3.63) is 35.9 Å². The summed E-state index contributed by atoms with van der Waals surface area (Å²) in [5.74, 6) is 0.376. The van der Waals surface area contributed by atoms with E-state index >= 15 is 0 Å². The number of Topliss-reactive ketones (excluding diaryl/α,β-unsaturated/α-hetero) is 1. The van der Waals surface area contributed by atoms with Gasteiger partial charge < -0.3 is 4.74 Å². The van der Waals surface area contributed by atoms with E-state index in [0.717, 1.165) is 12.8 Å². The lowest BCUT2D eigenvalue weighted by atomic mass is 9.61. The molecular weight excluding hydrogens is 212 g/mol. The van der Waals surface area contributed by atoms with Crippen molar-refractivity contribution in [1.82, 2.24) is 0 Å². The van der Waals surface area contributed by atoms with Crippen LogP contribution in [0.4, 0.5) is 0 Å². The summed E-state index contributed by atoms with van der Waals surface area (Å²) in [5, 5.41) is 0. The van der Waals surface area contributed by atoms with E-state index < -0.39 is 0 Å². The Labute approximate surface area is 103 Å². The highest BCUT2D eigenvalue weighted by molar-refractivity contribution is 5.92. The Balaban J connectivity index is 1.95. The quantitative estimate of drug-likeness (QED) is 0.778. The summed E-state index contributed by atoms with van der Waals surface area (Å²) < 4.78 is 5.91. The average Bonchev–Trinajstić information content (AvgIpc) is 2.37. The number of ether oxygens (including phenoxy) is 1. The maximum absolute atomic E-state index is 11.8. The molecule has 1 aromatic rings. The van der Waals surface area contributed by atoms with Crippen LogP contribution in [0.3, 0.4) is 0 Å². The first-order valence-electron chi connectivity index (χ1n) is 6.41. The topological polar surface area (TPSA) is 26.3 Å². The van der Waals surface area contributed by atoms with Crippen LogP contribution < -0.4 is 0 Å². The smallest absolute Gasteiger partial charge is 0.144 e. The van der Waals surface area contributed by atoms with Crippen molar-refractivity contribution < 1.29 is 9.53 Å². The van der Waals surface area contributed by atoms with Crippen molar-refractivity contribution in [2.75, 3.05) is 0 Å². The zero-order valence-electron chi connectivity index (χ0n) is 10.6. The van der Waals surface area contributed by atoms with Gasteiger partial charge in [-0.1, -0.05) is 44.2 Å². The fourth-order valence-corrected chi connectivity index (χ4v) is 2.70. The zero-order chi connectivity index (χ0) is 12.3. The summed E-state index contributed by atoms with van der Waals surface area (Å²) in [6, 6.07) is 10.1. The first kappa shape index (κ1) is 12.3. The van der Waals surface area contributed by atoms with E-state index in [9.17, 15) is 4.79 Å². The van der Waals surface area contributed by atoms with Crippen LogP contribution in [-0.2, 0) is 16.1 Å². The van der Waals surface area contributed by atoms with Crippen LogP contribution >= 0.6 is 0 Å². The third-order valence-electron chi connectivity index (χ3n) is 4.10. The molecule has 0 saturated heterocycles. The fourth-order valence-electron chi connectivity index (χ4n) is 2.70. The van der Waals surface area contributed by atoms with Gasteiger partial charge in [-0.2, -0.15) is 0 Å². The van der Waals surface area contributed by atoms with Crippen molar-refractivity contribution in [1.29, 1.82) is 0 Å². The van der Waals surface area contributed by atoms with Gasteiger partial charge in [-0.15, -0.1) is 0 Å². The van der Waals surface area contributed by atoms with Crippen molar-refractivity contribution in [3.63, 3.8) is 0 Å². The minimum absolute atomic E-state index is 0.116. The van der Waals surface area contributed by atoms with Gasteiger partial charge in [0.05, 0.1) is 18.1 Å². The van der Waals surface area contributed by atoms with Crippen LogP contribution in [0.15, 0.2) is 30.3 Å². The van der Waals surface area contributed by atoms with E-state index in [0.29, 0.717) is 18.8 Å². The van der Waals surface area contributed by atoms with Gasteiger partial charge in [0, 0.05) is 6.42 Å². The molecule has 0 aromatic heterocycles. The van der Waals surface area contributed by atoms with Gasteiger partial charge in [0.15, 0.2) is 0 Å². The van der Waals surface area contributed by atoms with Gasteiger partial charge in [0.2, 0.25) is 0 Å². The predicted molar refractivity (Wildman–Crippen MR) is 67.7 cm³/mol. The first-order valence-corrected chi connectivity index (χ1v) is 6.41. The number of benzene rings is 1. The molecule has 0 bridgehead atoms. The zero-order valence-corrected chi connectivity index (χ0v) is 10.6. The SMILES string of the molecule is CCC1(CC)C(=O)CC1OCc1ccccc1. The molecule has 2 heteroatoms. The van der Waals surface area contributed by atoms with Gasteiger partial charge in [0.25, 0.3) is 0 Å². The van der Waals surface area contributed by atoms with E-state index in [1.54, 1.807) is 0 Å². The molecule has 0 radical (unpaired) electrons. The molecule has 0 heterocycles. The molecule has 1 aliphatic carbocycles. The number of rotatable bonds is 5. The first-order chi connectivity index (χ1) is 8.23. The second-order valence-electron chi connectivity index (χ2n) is 4.78. The molecule has 17 heavy (non-hydrogen) atoms. The van der Waals surface area contributed by atoms with Gasteiger partial charge >= 0.3 is 0 Å². The molecule has 0 aliphatic heterocycles. The Kier molecular flexibility index (Phi) is 3.63. The van der Waals surface area contributed by atoms with Gasteiger partial charge in [-0.3, -0.25) is 4.79 Å². The highest BCUT2D eigenvalue weighted by atomic mass is 16.5. The predicted octanol–water partition coefficient (Wildman–Crippen LogP) is 3.35. The summed E-state index contributed by atoms with van der Waals surface area (Å²) in [6.07, 6.45) is 2.49. The lowest BCUT2D eigenvalue weighted by Gasteiger charge is -2.46. The summed E-state index contributed by atoms with van der Waals surface area (Å²) in [6.45, 7) is 4.78. The number of hydrogen-bond donors (Lipinski definition) is 0. The molecule has 1 unspecified atom stereocenters. The summed E-state index contributed by atoms with van der Waals surface area (Å²) >= 11 is 0.